The van der Waals surface area contributed by atoms with Gasteiger partial charge in [-0.1, -0.05) is 0 Å². The molecule has 0 fully saturated rings. The minimum atomic E-state index is 0.658. The zero-order valence-corrected chi connectivity index (χ0v) is 7.32. The third-order valence-corrected chi connectivity index (χ3v) is 1.84. The smallest absolute Gasteiger partial charge is 0.180 e. The van der Waals surface area contributed by atoms with Gasteiger partial charge in [-0.2, -0.15) is 0 Å². The summed E-state index contributed by atoms with van der Waals surface area (Å²) in [6, 6.07) is 0. The summed E-state index contributed by atoms with van der Waals surface area (Å²) in [6.07, 6.45) is 3.92. The summed E-state index contributed by atoms with van der Waals surface area (Å²) in [5.74, 6) is 0. The molecule has 0 saturated heterocycles. The number of hydrogen-bond acceptors (Lipinski definition) is 4. The standard InChI is InChI=1S/C8H10N4O/c1-13-3-2-6-7-8(11-4-9-6)12-5-10-7/h4-5H,2-3H2,1H3,(H,9,10,11,12). The average Bonchev–Trinajstić information content (AvgIpc) is 2.62. The lowest BCUT2D eigenvalue weighted by Gasteiger charge is -1.99. The number of methoxy groups -OCH3 is 1. The molecule has 2 aromatic rings. The van der Waals surface area contributed by atoms with Gasteiger partial charge in [0.25, 0.3) is 0 Å². The number of aromatic amines is 1. The van der Waals surface area contributed by atoms with Crippen molar-refractivity contribution in [2.45, 2.75) is 6.42 Å². The van der Waals surface area contributed by atoms with Crippen LogP contribution in [0.15, 0.2) is 12.7 Å². The van der Waals surface area contributed by atoms with Crippen LogP contribution in [0.25, 0.3) is 11.2 Å². The Morgan fingerprint density at radius 1 is 1.38 bits per heavy atom. The molecule has 1 N–H and O–H groups in total. The van der Waals surface area contributed by atoms with E-state index in [0.29, 0.717) is 12.3 Å². The molecule has 2 heterocycles. The molecule has 2 aromatic heterocycles. The first-order chi connectivity index (χ1) is 6.42. The van der Waals surface area contributed by atoms with E-state index < -0.39 is 0 Å². The highest BCUT2D eigenvalue weighted by Gasteiger charge is 2.04. The van der Waals surface area contributed by atoms with E-state index in [1.54, 1.807) is 13.4 Å². The molecule has 0 amide bonds. The van der Waals surface area contributed by atoms with Crippen molar-refractivity contribution in [1.82, 2.24) is 19.9 Å². The van der Waals surface area contributed by atoms with E-state index >= 15 is 0 Å². The maximum atomic E-state index is 4.98. The summed E-state index contributed by atoms with van der Waals surface area (Å²) in [5, 5.41) is 0. The lowest BCUT2D eigenvalue weighted by atomic mass is 10.3. The van der Waals surface area contributed by atoms with Crippen LogP contribution in [0.1, 0.15) is 5.69 Å². The molecule has 0 aromatic carbocycles. The zero-order chi connectivity index (χ0) is 9.10. The molecule has 2 rings (SSSR count). The van der Waals surface area contributed by atoms with E-state index in [1.807, 2.05) is 0 Å². The quantitative estimate of drug-likeness (QED) is 0.745. The van der Waals surface area contributed by atoms with E-state index in [1.165, 1.54) is 6.33 Å². The number of fused-ring (bicyclic) bond motifs is 1. The van der Waals surface area contributed by atoms with Crippen LogP contribution in [0.4, 0.5) is 0 Å². The molecule has 0 spiro atoms. The van der Waals surface area contributed by atoms with E-state index in [2.05, 4.69) is 19.9 Å². The van der Waals surface area contributed by atoms with Gasteiger partial charge in [-0.05, 0) is 0 Å². The molecular weight excluding hydrogens is 168 g/mol. The Morgan fingerprint density at radius 2 is 2.31 bits per heavy atom. The number of imidazole rings is 1. The molecule has 68 valence electrons. The molecule has 13 heavy (non-hydrogen) atoms. The summed E-state index contributed by atoms with van der Waals surface area (Å²) in [7, 11) is 1.67. The second-order valence-corrected chi connectivity index (χ2v) is 2.66. The molecule has 0 bridgehead atoms. The number of aromatic nitrogens is 4. The number of ether oxygens (including phenoxy) is 1. The van der Waals surface area contributed by atoms with E-state index in [9.17, 15) is 0 Å². The maximum absolute atomic E-state index is 4.98. The zero-order valence-electron chi connectivity index (χ0n) is 7.32. The largest absolute Gasteiger partial charge is 0.384 e. The molecule has 5 nitrogen and oxygen atoms in total. The molecule has 0 radical (unpaired) electrons. The third-order valence-electron chi connectivity index (χ3n) is 1.84. The van der Waals surface area contributed by atoms with Gasteiger partial charge in [-0.25, -0.2) is 15.0 Å². The van der Waals surface area contributed by atoms with Gasteiger partial charge in [0, 0.05) is 13.5 Å². The average molecular weight is 178 g/mol. The van der Waals surface area contributed by atoms with Crippen molar-refractivity contribution in [2.24, 2.45) is 0 Å². The summed E-state index contributed by atoms with van der Waals surface area (Å²) < 4.78 is 4.98. The predicted octanol–water partition coefficient (Wildman–Crippen LogP) is 0.542. The third kappa shape index (κ3) is 1.50. The first-order valence-corrected chi connectivity index (χ1v) is 4.03. The van der Waals surface area contributed by atoms with Crippen molar-refractivity contribution in [3.05, 3.63) is 18.3 Å². The van der Waals surface area contributed by atoms with Crippen LogP contribution in [-0.4, -0.2) is 33.7 Å². The van der Waals surface area contributed by atoms with Crippen molar-refractivity contribution >= 4 is 11.2 Å². The van der Waals surface area contributed by atoms with Crippen LogP contribution >= 0.6 is 0 Å². The van der Waals surface area contributed by atoms with Crippen molar-refractivity contribution < 1.29 is 4.74 Å². The van der Waals surface area contributed by atoms with Crippen molar-refractivity contribution in [1.29, 1.82) is 0 Å². The number of rotatable bonds is 3. The van der Waals surface area contributed by atoms with Gasteiger partial charge in [0.1, 0.15) is 11.8 Å². The number of nitrogens with zero attached hydrogens (tertiary/aromatic N) is 3. The lowest BCUT2D eigenvalue weighted by molar-refractivity contribution is 0.201. The highest BCUT2D eigenvalue weighted by atomic mass is 16.5. The van der Waals surface area contributed by atoms with Crippen LogP contribution in [0.5, 0.6) is 0 Å². The molecule has 0 aliphatic carbocycles. The second-order valence-electron chi connectivity index (χ2n) is 2.66. The van der Waals surface area contributed by atoms with E-state index in [0.717, 1.165) is 17.6 Å². The normalized spacial score (nSPS) is 10.8. The molecule has 0 atom stereocenters. The Hall–Kier alpha value is -1.49. The van der Waals surface area contributed by atoms with Gasteiger partial charge >= 0.3 is 0 Å². The van der Waals surface area contributed by atoms with Gasteiger partial charge in [0.15, 0.2) is 5.65 Å². The van der Waals surface area contributed by atoms with Gasteiger partial charge in [0.05, 0.1) is 18.6 Å². The van der Waals surface area contributed by atoms with Crippen LogP contribution in [0.3, 0.4) is 0 Å². The SMILES string of the molecule is COCCc1ncnc2nc[nH]c12. The summed E-state index contributed by atoms with van der Waals surface area (Å²) in [4.78, 5) is 15.2. The predicted molar refractivity (Wildman–Crippen MR) is 47.3 cm³/mol. The maximum Gasteiger partial charge on any atom is 0.180 e. The highest BCUT2D eigenvalue weighted by molar-refractivity contribution is 5.71. The summed E-state index contributed by atoms with van der Waals surface area (Å²) >= 11 is 0. The minimum Gasteiger partial charge on any atom is -0.384 e. The fourth-order valence-corrected chi connectivity index (χ4v) is 1.20. The van der Waals surface area contributed by atoms with Crippen LogP contribution < -0.4 is 0 Å². The Kier molecular flexibility index (Phi) is 2.18. The van der Waals surface area contributed by atoms with Crippen molar-refractivity contribution in [3.8, 4) is 0 Å². The van der Waals surface area contributed by atoms with Gasteiger partial charge in [-0.3, -0.25) is 0 Å². The molecular formula is C8H10N4O. The van der Waals surface area contributed by atoms with Crippen LogP contribution in [0, 0.1) is 0 Å². The fraction of sp³-hybridized carbons (Fsp3) is 0.375. The Balaban J connectivity index is 2.37. The molecule has 0 aliphatic rings. The highest BCUT2D eigenvalue weighted by Crippen LogP contribution is 2.09. The van der Waals surface area contributed by atoms with Gasteiger partial charge in [-0.15, -0.1) is 0 Å². The van der Waals surface area contributed by atoms with Gasteiger partial charge in [0.2, 0.25) is 0 Å². The number of nitrogens with one attached hydrogen (secondary N) is 1. The second kappa shape index (κ2) is 3.49. The number of H-pyrrole nitrogens is 1. The molecule has 0 unspecified atom stereocenters. The van der Waals surface area contributed by atoms with Gasteiger partial charge < -0.3 is 9.72 Å². The van der Waals surface area contributed by atoms with Crippen LogP contribution in [-0.2, 0) is 11.2 Å². The van der Waals surface area contributed by atoms with Crippen molar-refractivity contribution in [3.63, 3.8) is 0 Å². The molecule has 0 saturated carbocycles. The Morgan fingerprint density at radius 3 is 3.15 bits per heavy atom. The minimum absolute atomic E-state index is 0.658. The Labute approximate surface area is 75.2 Å². The van der Waals surface area contributed by atoms with E-state index in [4.69, 9.17) is 4.74 Å². The fourth-order valence-electron chi connectivity index (χ4n) is 1.20. The first-order valence-electron chi connectivity index (χ1n) is 4.03. The molecule has 5 heteroatoms. The molecule has 0 aliphatic heterocycles. The monoisotopic (exact) mass is 178 g/mol. The van der Waals surface area contributed by atoms with Crippen LogP contribution in [0.2, 0.25) is 0 Å². The Bertz CT molecular complexity index is 398. The summed E-state index contributed by atoms with van der Waals surface area (Å²) in [5.41, 5.74) is 2.56. The lowest BCUT2D eigenvalue weighted by Crippen LogP contribution is -1.99. The number of hydrogen-bond donors (Lipinski definition) is 1. The summed E-state index contributed by atoms with van der Waals surface area (Å²) in [6.45, 7) is 0.658. The first kappa shape index (κ1) is 8.12. The van der Waals surface area contributed by atoms with Crippen molar-refractivity contribution in [2.75, 3.05) is 13.7 Å². The van der Waals surface area contributed by atoms with E-state index in [-0.39, 0.29) is 0 Å². The topological polar surface area (TPSA) is 63.7 Å².